The van der Waals surface area contributed by atoms with Gasteiger partial charge in [0.25, 0.3) is 0 Å². The number of ether oxygens (including phenoxy) is 1. The molecule has 0 aromatic carbocycles. The zero-order valence-corrected chi connectivity index (χ0v) is 7.08. The summed E-state index contributed by atoms with van der Waals surface area (Å²) < 4.78 is 5.76. The average Bonchev–Trinajstić information content (AvgIpc) is 2.39. The summed E-state index contributed by atoms with van der Waals surface area (Å²) in [6.45, 7) is 1.01. The van der Waals surface area contributed by atoms with Gasteiger partial charge in [0.1, 0.15) is 0 Å². The number of thioether (sulfide) groups is 1. The topological polar surface area (TPSA) is 9.23 Å². The highest BCUT2D eigenvalue weighted by Crippen LogP contribution is 2.37. The Morgan fingerprint density at radius 1 is 1.20 bits per heavy atom. The van der Waals surface area contributed by atoms with Crippen LogP contribution in [0.15, 0.2) is 0 Å². The number of hydrogen-bond acceptors (Lipinski definition) is 2. The van der Waals surface area contributed by atoms with Crippen molar-refractivity contribution in [2.24, 2.45) is 0 Å². The monoisotopic (exact) mass is 158 g/mol. The number of rotatable bonds is 0. The smallest absolute Gasteiger partial charge is 0.0773 e. The Morgan fingerprint density at radius 2 is 2.10 bits per heavy atom. The summed E-state index contributed by atoms with van der Waals surface area (Å²) >= 11 is 2.07. The molecule has 0 radical (unpaired) electrons. The van der Waals surface area contributed by atoms with Crippen LogP contribution < -0.4 is 0 Å². The lowest BCUT2D eigenvalue weighted by molar-refractivity contribution is 0.0149. The van der Waals surface area contributed by atoms with E-state index < -0.39 is 0 Å². The van der Waals surface area contributed by atoms with E-state index in [0.29, 0.717) is 5.60 Å². The Morgan fingerprint density at radius 3 is 2.70 bits per heavy atom. The normalized spacial score (nSPS) is 40.8. The highest BCUT2D eigenvalue weighted by molar-refractivity contribution is 7.99. The fraction of sp³-hybridized carbons (Fsp3) is 1.00. The van der Waals surface area contributed by atoms with Crippen molar-refractivity contribution in [2.45, 2.75) is 31.3 Å². The molecule has 0 bridgehead atoms. The third kappa shape index (κ3) is 1.19. The molecule has 0 aliphatic carbocycles. The molecule has 2 aliphatic rings. The summed E-state index contributed by atoms with van der Waals surface area (Å²) in [6, 6.07) is 0. The first-order valence-corrected chi connectivity index (χ1v) is 5.29. The molecule has 0 N–H and O–H groups in total. The zero-order valence-electron chi connectivity index (χ0n) is 6.27. The first-order chi connectivity index (χ1) is 4.91. The molecule has 1 spiro atoms. The Labute approximate surface area is 66.5 Å². The maximum atomic E-state index is 5.76. The predicted molar refractivity (Wildman–Crippen MR) is 44.5 cm³/mol. The minimum Gasteiger partial charge on any atom is -0.374 e. The summed E-state index contributed by atoms with van der Waals surface area (Å²) in [5.41, 5.74) is 0.336. The van der Waals surface area contributed by atoms with Crippen LogP contribution >= 0.6 is 11.8 Å². The Hall–Kier alpha value is 0.310. The molecule has 2 saturated heterocycles. The number of hydrogen-bond donors (Lipinski definition) is 0. The predicted octanol–water partition coefficient (Wildman–Crippen LogP) is 2.06. The largest absolute Gasteiger partial charge is 0.374 e. The molecule has 2 heteroatoms. The summed E-state index contributed by atoms with van der Waals surface area (Å²) in [4.78, 5) is 0. The molecule has 1 nitrogen and oxygen atoms in total. The van der Waals surface area contributed by atoms with Crippen molar-refractivity contribution in [1.29, 1.82) is 0 Å². The average molecular weight is 158 g/mol. The van der Waals surface area contributed by atoms with E-state index in [4.69, 9.17) is 4.74 Å². The quantitative estimate of drug-likeness (QED) is 0.533. The summed E-state index contributed by atoms with van der Waals surface area (Å²) in [5, 5.41) is 0. The van der Waals surface area contributed by atoms with Crippen molar-refractivity contribution in [3.05, 3.63) is 0 Å². The van der Waals surface area contributed by atoms with E-state index in [2.05, 4.69) is 11.8 Å². The molecule has 58 valence electrons. The van der Waals surface area contributed by atoms with Crippen molar-refractivity contribution >= 4 is 11.8 Å². The SMILES string of the molecule is C1COC2(C1)CCCSC2. The fourth-order valence-corrected chi connectivity index (χ4v) is 3.13. The third-order valence-corrected chi connectivity index (χ3v) is 3.78. The molecular weight excluding hydrogens is 144 g/mol. The van der Waals surface area contributed by atoms with Gasteiger partial charge in [-0.05, 0) is 31.4 Å². The highest BCUT2D eigenvalue weighted by Gasteiger charge is 2.36. The molecule has 10 heavy (non-hydrogen) atoms. The molecular formula is C8H14OS. The lowest BCUT2D eigenvalue weighted by Crippen LogP contribution is -2.33. The van der Waals surface area contributed by atoms with Crippen LogP contribution in [-0.2, 0) is 4.74 Å². The Kier molecular flexibility index (Phi) is 1.92. The minimum absolute atomic E-state index is 0.336. The van der Waals surface area contributed by atoms with Crippen molar-refractivity contribution in [3.63, 3.8) is 0 Å². The molecule has 1 unspecified atom stereocenters. The molecule has 0 amide bonds. The second-order valence-corrected chi connectivity index (χ2v) is 4.40. The van der Waals surface area contributed by atoms with Gasteiger partial charge in [-0.25, -0.2) is 0 Å². The Balaban J connectivity index is 1.98. The maximum Gasteiger partial charge on any atom is 0.0773 e. The molecule has 0 saturated carbocycles. The highest BCUT2D eigenvalue weighted by atomic mass is 32.2. The summed E-state index contributed by atoms with van der Waals surface area (Å²) in [7, 11) is 0. The lowest BCUT2D eigenvalue weighted by Gasteiger charge is -2.31. The first-order valence-electron chi connectivity index (χ1n) is 4.13. The standard InChI is InChI=1S/C8H14OS/c1-3-8(9-5-1)4-2-6-10-7-8/h1-7H2. The van der Waals surface area contributed by atoms with Gasteiger partial charge in [0.05, 0.1) is 5.60 Å². The molecule has 2 heterocycles. The van der Waals surface area contributed by atoms with Gasteiger partial charge in [0, 0.05) is 12.4 Å². The minimum atomic E-state index is 0.336. The van der Waals surface area contributed by atoms with Crippen molar-refractivity contribution in [1.82, 2.24) is 0 Å². The van der Waals surface area contributed by atoms with Gasteiger partial charge in [-0.3, -0.25) is 0 Å². The summed E-state index contributed by atoms with van der Waals surface area (Å²) in [5.74, 6) is 2.61. The molecule has 2 fully saturated rings. The van der Waals surface area contributed by atoms with E-state index in [1.165, 1.54) is 37.2 Å². The van der Waals surface area contributed by atoms with Gasteiger partial charge in [-0.1, -0.05) is 0 Å². The van der Waals surface area contributed by atoms with Gasteiger partial charge in [0.2, 0.25) is 0 Å². The zero-order chi connectivity index (χ0) is 6.86. The van der Waals surface area contributed by atoms with Crippen LogP contribution in [0.2, 0.25) is 0 Å². The van der Waals surface area contributed by atoms with Crippen LogP contribution in [0.3, 0.4) is 0 Å². The van der Waals surface area contributed by atoms with Crippen LogP contribution in [0.5, 0.6) is 0 Å². The second-order valence-electron chi connectivity index (χ2n) is 3.29. The van der Waals surface area contributed by atoms with E-state index in [-0.39, 0.29) is 0 Å². The first kappa shape index (κ1) is 6.99. The van der Waals surface area contributed by atoms with Crippen LogP contribution in [0.4, 0.5) is 0 Å². The van der Waals surface area contributed by atoms with E-state index >= 15 is 0 Å². The van der Waals surface area contributed by atoms with Crippen LogP contribution in [-0.4, -0.2) is 23.7 Å². The molecule has 0 aromatic rings. The fourth-order valence-electron chi connectivity index (χ4n) is 1.89. The third-order valence-electron chi connectivity index (χ3n) is 2.47. The van der Waals surface area contributed by atoms with Gasteiger partial charge in [-0.2, -0.15) is 11.8 Å². The molecule has 2 rings (SSSR count). The van der Waals surface area contributed by atoms with Gasteiger partial charge in [-0.15, -0.1) is 0 Å². The van der Waals surface area contributed by atoms with Crippen molar-refractivity contribution in [2.75, 3.05) is 18.1 Å². The molecule has 0 aromatic heterocycles. The van der Waals surface area contributed by atoms with E-state index in [1.807, 2.05) is 0 Å². The molecule has 2 aliphatic heterocycles. The maximum absolute atomic E-state index is 5.76. The van der Waals surface area contributed by atoms with Gasteiger partial charge in [0.15, 0.2) is 0 Å². The van der Waals surface area contributed by atoms with E-state index in [9.17, 15) is 0 Å². The van der Waals surface area contributed by atoms with E-state index in [1.54, 1.807) is 0 Å². The van der Waals surface area contributed by atoms with Crippen molar-refractivity contribution in [3.8, 4) is 0 Å². The van der Waals surface area contributed by atoms with Gasteiger partial charge < -0.3 is 4.74 Å². The van der Waals surface area contributed by atoms with Gasteiger partial charge >= 0.3 is 0 Å². The molecule has 1 atom stereocenters. The summed E-state index contributed by atoms with van der Waals surface area (Å²) in [6.07, 6.45) is 5.30. The second kappa shape index (κ2) is 2.74. The van der Waals surface area contributed by atoms with Crippen molar-refractivity contribution < 1.29 is 4.74 Å². The van der Waals surface area contributed by atoms with E-state index in [0.717, 1.165) is 6.61 Å². The lowest BCUT2D eigenvalue weighted by atomic mass is 9.96. The van der Waals surface area contributed by atoms with Crippen LogP contribution in [0.25, 0.3) is 0 Å². The van der Waals surface area contributed by atoms with Crippen LogP contribution in [0.1, 0.15) is 25.7 Å². The van der Waals surface area contributed by atoms with Crippen LogP contribution in [0, 0.1) is 0 Å². The Bertz CT molecular complexity index is 110.